The second-order valence-corrected chi connectivity index (χ2v) is 6.06. The summed E-state index contributed by atoms with van der Waals surface area (Å²) in [6, 6.07) is 5.14. The lowest BCUT2D eigenvalue weighted by molar-refractivity contribution is 0.108. The maximum atomic E-state index is 13.3. The Morgan fingerprint density at radius 2 is 2.05 bits per heavy atom. The highest BCUT2D eigenvalue weighted by molar-refractivity contribution is 5.95. The molecule has 22 heavy (non-hydrogen) atoms. The number of hydrogen-bond donors (Lipinski definition) is 2. The molecule has 4 rings (SSSR count). The quantitative estimate of drug-likeness (QED) is 0.759. The van der Waals surface area contributed by atoms with Gasteiger partial charge in [0, 0.05) is 34.4 Å². The predicted octanol–water partition coefficient (Wildman–Crippen LogP) is 3.65. The highest BCUT2D eigenvalue weighted by Crippen LogP contribution is 2.32. The highest BCUT2D eigenvalue weighted by atomic mass is 19.1. The molecule has 5 heteroatoms. The number of rotatable bonds is 2. The monoisotopic (exact) mass is 299 g/mol. The number of hydrogen-bond acceptors (Lipinski definition) is 2. The zero-order valence-electron chi connectivity index (χ0n) is 12.2. The van der Waals surface area contributed by atoms with E-state index in [1.165, 1.54) is 12.1 Å². The molecule has 0 spiro atoms. The standard InChI is InChI=1S/C17H18FN3O/c18-12-1-6-15-16(9-19-17(15)7-12)11-8-20-21(10-11)13-2-4-14(22)5-3-13/h1,6-10,13-14,19,22H,2-5H2/t13-,14-. The molecule has 1 aliphatic rings. The van der Waals surface area contributed by atoms with Gasteiger partial charge in [0.15, 0.2) is 0 Å². The minimum atomic E-state index is -0.239. The van der Waals surface area contributed by atoms with E-state index in [0.717, 1.165) is 47.7 Å². The van der Waals surface area contributed by atoms with Gasteiger partial charge in [0.25, 0.3) is 0 Å². The number of halogens is 1. The van der Waals surface area contributed by atoms with Crippen molar-refractivity contribution in [2.45, 2.75) is 37.8 Å². The van der Waals surface area contributed by atoms with Crippen LogP contribution in [0.1, 0.15) is 31.7 Å². The zero-order chi connectivity index (χ0) is 15.1. The van der Waals surface area contributed by atoms with Crippen molar-refractivity contribution in [1.29, 1.82) is 0 Å². The molecule has 1 saturated carbocycles. The van der Waals surface area contributed by atoms with Gasteiger partial charge in [-0.25, -0.2) is 4.39 Å². The first-order valence-electron chi connectivity index (χ1n) is 7.70. The van der Waals surface area contributed by atoms with E-state index in [1.54, 1.807) is 6.07 Å². The molecule has 0 aliphatic heterocycles. The second-order valence-electron chi connectivity index (χ2n) is 6.06. The van der Waals surface area contributed by atoms with Gasteiger partial charge in [0.05, 0.1) is 18.3 Å². The third-order valence-corrected chi connectivity index (χ3v) is 4.60. The molecule has 0 bridgehead atoms. The lowest BCUT2D eigenvalue weighted by Gasteiger charge is -2.25. The number of aliphatic hydroxyl groups is 1. The van der Waals surface area contributed by atoms with E-state index in [0.29, 0.717) is 6.04 Å². The van der Waals surface area contributed by atoms with Crippen LogP contribution in [0.2, 0.25) is 0 Å². The van der Waals surface area contributed by atoms with Gasteiger partial charge in [-0.05, 0) is 43.9 Å². The molecule has 0 amide bonds. The molecule has 1 aliphatic carbocycles. The van der Waals surface area contributed by atoms with Gasteiger partial charge in [-0.15, -0.1) is 0 Å². The van der Waals surface area contributed by atoms with Gasteiger partial charge in [0.1, 0.15) is 5.82 Å². The van der Waals surface area contributed by atoms with Crippen molar-refractivity contribution in [2.24, 2.45) is 0 Å². The first kappa shape index (κ1) is 13.5. The third kappa shape index (κ3) is 2.31. The first-order chi connectivity index (χ1) is 10.7. The molecule has 2 aromatic heterocycles. The van der Waals surface area contributed by atoms with Gasteiger partial charge >= 0.3 is 0 Å². The molecular formula is C17H18FN3O. The van der Waals surface area contributed by atoms with Crippen LogP contribution >= 0.6 is 0 Å². The van der Waals surface area contributed by atoms with Crippen molar-refractivity contribution in [3.8, 4) is 11.1 Å². The van der Waals surface area contributed by atoms with E-state index >= 15 is 0 Å². The molecule has 2 heterocycles. The number of fused-ring (bicyclic) bond motifs is 1. The van der Waals surface area contributed by atoms with E-state index in [2.05, 4.69) is 10.1 Å². The summed E-state index contributed by atoms with van der Waals surface area (Å²) in [5.74, 6) is -0.239. The van der Waals surface area contributed by atoms with Crippen LogP contribution in [0.15, 0.2) is 36.8 Å². The summed E-state index contributed by atoms with van der Waals surface area (Å²) in [5.41, 5.74) is 2.87. The Balaban J connectivity index is 1.65. The number of aromatic amines is 1. The van der Waals surface area contributed by atoms with Crippen LogP contribution < -0.4 is 0 Å². The summed E-state index contributed by atoms with van der Waals surface area (Å²) >= 11 is 0. The number of nitrogens with zero attached hydrogens (tertiary/aromatic N) is 2. The zero-order valence-corrected chi connectivity index (χ0v) is 12.2. The highest BCUT2D eigenvalue weighted by Gasteiger charge is 2.21. The number of benzene rings is 1. The molecule has 4 nitrogen and oxygen atoms in total. The Morgan fingerprint density at radius 1 is 1.23 bits per heavy atom. The minimum absolute atomic E-state index is 0.158. The van der Waals surface area contributed by atoms with Crippen molar-refractivity contribution in [1.82, 2.24) is 14.8 Å². The maximum absolute atomic E-state index is 13.3. The summed E-state index contributed by atoms with van der Waals surface area (Å²) in [7, 11) is 0. The number of H-pyrrole nitrogens is 1. The predicted molar refractivity (Wildman–Crippen MR) is 83.0 cm³/mol. The van der Waals surface area contributed by atoms with Gasteiger partial charge < -0.3 is 10.1 Å². The van der Waals surface area contributed by atoms with Crippen LogP contribution in [0.5, 0.6) is 0 Å². The summed E-state index contributed by atoms with van der Waals surface area (Å²) in [4.78, 5) is 3.11. The molecule has 0 saturated heterocycles. The molecule has 0 radical (unpaired) electrons. The minimum Gasteiger partial charge on any atom is -0.393 e. The smallest absolute Gasteiger partial charge is 0.125 e. The van der Waals surface area contributed by atoms with Crippen molar-refractivity contribution < 1.29 is 9.50 Å². The van der Waals surface area contributed by atoms with Crippen LogP contribution in [-0.4, -0.2) is 26.0 Å². The van der Waals surface area contributed by atoms with E-state index in [4.69, 9.17) is 0 Å². The SMILES string of the molecule is O[C@H]1CC[C@H](n2cc(-c3c[nH]c4cc(F)ccc34)cn2)CC1. The Morgan fingerprint density at radius 3 is 2.86 bits per heavy atom. The van der Waals surface area contributed by atoms with Crippen LogP contribution in [0.3, 0.4) is 0 Å². The second kappa shape index (κ2) is 5.25. The fraction of sp³-hybridized carbons (Fsp3) is 0.353. The van der Waals surface area contributed by atoms with Crippen LogP contribution in [-0.2, 0) is 0 Å². The van der Waals surface area contributed by atoms with E-state index in [9.17, 15) is 9.50 Å². The molecule has 114 valence electrons. The third-order valence-electron chi connectivity index (χ3n) is 4.60. The molecule has 3 aromatic rings. The molecule has 0 unspecified atom stereocenters. The molecule has 1 fully saturated rings. The van der Waals surface area contributed by atoms with Crippen molar-refractivity contribution in [3.05, 3.63) is 42.6 Å². The Kier molecular flexibility index (Phi) is 3.22. The fourth-order valence-electron chi connectivity index (χ4n) is 3.34. The average molecular weight is 299 g/mol. The molecule has 0 atom stereocenters. The summed E-state index contributed by atoms with van der Waals surface area (Å²) in [5, 5.41) is 15.1. The lowest BCUT2D eigenvalue weighted by atomic mass is 9.93. The van der Waals surface area contributed by atoms with Crippen molar-refractivity contribution in [2.75, 3.05) is 0 Å². The first-order valence-corrected chi connectivity index (χ1v) is 7.70. The Bertz CT molecular complexity index is 799. The summed E-state index contributed by atoms with van der Waals surface area (Å²) in [6.07, 6.45) is 9.25. The largest absolute Gasteiger partial charge is 0.393 e. The topological polar surface area (TPSA) is 53.8 Å². The van der Waals surface area contributed by atoms with Gasteiger partial charge in [-0.3, -0.25) is 4.68 Å². The van der Waals surface area contributed by atoms with Gasteiger partial charge in [-0.1, -0.05) is 0 Å². The number of aliphatic hydroxyl groups excluding tert-OH is 1. The average Bonchev–Trinajstić information content (AvgIpc) is 3.13. The van der Waals surface area contributed by atoms with Crippen molar-refractivity contribution in [3.63, 3.8) is 0 Å². The molecule has 2 N–H and O–H groups in total. The Hall–Kier alpha value is -2.14. The fourth-order valence-corrected chi connectivity index (χ4v) is 3.34. The normalized spacial score (nSPS) is 22.3. The summed E-state index contributed by atoms with van der Waals surface area (Å²) < 4.78 is 15.3. The van der Waals surface area contributed by atoms with Gasteiger partial charge in [-0.2, -0.15) is 5.10 Å². The van der Waals surface area contributed by atoms with E-state index < -0.39 is 0 Å². The van der Waals surface area contributed by atoms with Crippen LogP contribution in [0, 0.1) is 5.82 Å². The summed E-state index contributed by atoms with van der Waals surface area (Å²) in [6.45, 7) is 0. The van der Waals surface area contributed by atoms with E-state index in [-0.39, 0.29) is 11.9 Å². The number of aromatic nitrogens is 3. The maximum Gasteiger partial charge on any atom is 0.125 e. The lowest BCUT2D eigenvalue weighted by Crippen LogP contribution is -2.21. The Labute approximate surface area is 127 Å². The van der Waals surface area contributed by atoms with Crippen molar-refractivity contribution >= 4 is 10.9 Å². The van der Waals surface area contributed by atoms with Crippen LogP contribution in [0.4, 0.5) is 4.39 Å². The molecular weight excluding hydrogens is 281 g/mol. The van der Waals surface area contributed by atoms with Gasteiger partial charge in [0.2, 0.25) is 0 Å². The van der Waals surface area contributed by atoms with Crippen LogP contribution in [0.25, 0.3) is 22.0 Å². The van der Waals surface area contributed by atoms with E-state index in [1.807, 2.05) is 23.3 Å². The molecule has 1 aromatic carbocycles. The number of nitrogens with one attached hydrogen (secondary N) is 1.